The summed E-state index contributed by atoms with van der Waals surface area (Å²) in [5.41, 5.74) is 1.04. The number of pyridine rings is 1. The van der Waals surface area contributed by atoms with E-state index in [2.05, 4.69) is 10.3 Å². The molecular weight excluding hydrogens is 254 g/mol. The van der Waals surface area contributed by atoms with Crippen LogP contribution in [0, 0.1) is 5.92 Å². The van der Waals surface area contributed by atoms with Gasteiger partial charge >= 0.3 is 0 Å². The van der Waals surface area contributed by atoms with Crippen LogP contribution in [0.5, 0.6) is 0 Å². The molecule has 1 unspecified atom stereocenters. The van der Waals surface area contributed by atoms with Crippen LogP contribution in [-0.2, 0) is 16.0 Å². The Kier molecular flexibility index (Phi) is 5.09. The van der Waals surface area contributed by atoms with E-state index in [1.54, 1.807) is 11.1 Å². The number of likely N-dealkylation sites (tertiary alicyclic amines) is 1. The number of nitrogens with zero attached hydrogens (tertiary/aromatic N) is 2. The maximum Gasteiger partial charge on any atom is 0.225 e. The first-order chi connectivity index (χ1) is 9.70. The van der Waals surface area contributed by atoms with Gasteiger partial charge in [0, 0.05) is 37.9 Å². The Morgan fingerprint density at radius 2 is 2.35 bits per heavy atom. The van der Waals surface area contributed by atoms with Crippen LogP contribution in [0.3, 0.4) is 0 Å². The molecule has 5 heteroatoms. The fourth-order valence-electron chi connectivity index (χ4n) is 2.42. The van der Waals surface area contributed by atoms with Crippen molar-refractivity contribution < 1.29 is 9.59 Å². The van der Waals surface area contributed by atoms with Crippen LogP contribution >= 0.6 is 0 Å². The second kappa shape index (κ2) is 7.03. The van der Waals surface area contributed by atoms with Gasteiger partial charge in [-0.05, 0) is 31.9 Å². The first kappa shape index (κ1) is 14.5. The molecule has 0 aromatic carbocycles. The molecule has 2 amide bonds. The van der Waals surface area contributed by atoms with Crippen LogP contribution in [0.1, 0.15) is 25.5 Å². The Labute approximate surface area is 119 Å². The quantitative estimate of drug-likeness (QED) is 0.788. The molecule has 1 fully saturated rings. The van der Waals surface area contributed by atoms with Crippen molar-refractivity contribution in [2.45, 2.75) is 26.2 Å². The van der Waals surface area contributed by atoms with E-state index >= 15 is 0 Å². The molecule has 1 atom stereocenters. The molecular formula is C15H21N3O2. The first-order valence-corrected chi connectivity index (χ1v) is 7.16. The third kappa shape index (κ3) is 3.79. The number of carbonyl (C=O) groups is 2. The normalized spacial score (nSPS) is 18.4. The molecule has 1 aromatic heterocycles. The Morgan fingerprint density at radius 1 is 1.50 bits per heavy atom. The fourth-order valence-corrected chi connectivity index (χ4v) is 2.42. The third-order valence-corrected chi connectivity index (χ3v) is 3.60. The highest BCUT2D eigenvalue weighted by molar-refractivity contribution is 5.89. The van der Waals surface area contributed by atoms with E-state index in [9.17, 15) is 9.59 Å². The van der Waals surface area contributed by atoms with E-state index in [0.29, 0.717) is 26.1 Å². The summed E-state index contributed by atoms with van der Waals surface area (Å²) >= 11 is 0. The van der Waals surface area contributed by atoms with Crippen molar-refractivity contribution in [3.05, 3.63) is 30.1 Å². The van der Waals surface area contributed by atoms with Gasteiger partial charge in [0.1, 0.15) is 0 Å². The number of amides is 2. The summed E-state index contributed by atoms with van der Waals surface area (Å²) in [5.74, 6) is -0.103. The second-order valence-electron chi connectivity index (χ2n) is 5.05. The van der Waals surface area contributed by atoms with Crippen molar-refractivity contribution >= 4 is 11.8 Å². The summed E-state index contributed by atoms with van der Waals surface area (Å²) in [6.45, 7) is 3.81. The summed E-state index contributed by atoms with van der Waals surface area (Å²) in [6, 6.07) is 5.84. The predicted octanol–water partition coefficient (Wildman–Crippen LogP) is 0.999. The molecule has 108 valence electrons. The van der Waals surface area contributed by atoms with Gasteiger partial charge in [-0.15, -0.1) is 0 Å². The molecule has 1 aliphatic rings. The van der Waals surface area contributed by atoms with Gasteiger partial charge in [-0.2, -0.15) is 0 Å². The van der Waals surface area contributed by atoms with Crippen molar-refractivity contribution in [1.82, 2.24) is 15.2 Å². The summed E-state index contributed by atoms with van der Waals surface area (Å²) in [7, 11) is 0. The highest BCUT2D eigenvalue weighted by Crippen LogP contribution is 2.17. The Morgan fingerprint density at radius 3 is 3.00 bits per heavy atom. The molecule has 0 spiro atoms. The van der Waals surface area contributed by atoms with E-state index < -0.39 is 0 Å². The van der Waals surface area contributed by atoms with E-state index in [0.717, 1.165) is 18.5 Å². The molecule has 1 N–H and O–H groups in total. The third-order valence-electron chi connectivity index (χ3n) is 3.60. The number of hydrogen-bond donors (Lipinski definition) is 1. The van der Waals surface area contributed by atoms with Crippen LogP contribution in [0.15, 0.2) is 24.4 Å². The van der Waals surface area contributed by atoms with Gasteiger partial charge in [-0.25, -0.2) is 0 Å². The largest absolute Gasteiger partial charge is 0.356 e. The molecule has 1 aliphatic heterocycles. The van der Waals surface area contributed by atoms with Crippen molar-refractivity contribution in [3.8, 4) is 0 Å². The zero-order chi connectivity index (χ0) is 14.4. The summed E-state index contributed by atoms with van der Waals surface area (Å²) in [4.78, 5) is 29.5. The summed E-state index contributed by atoms with van der Waals surface area (Å²) in [5, 5.41) is 2.91. The smallest absolute Gasteiger partial charge is 0.225 e. The Hall–Kier alpha value is -1.91. The topological polar surface area (TPSA) is 62.3 Å². The lowest BCUT2D eigenvalue weighted by Gasteiger charge is -2.13. The minimum absolute atomic E-state index is 0.00433. The van der Waals surface area contributed by atoms with Gasteiger partial charge in [0.15, 0.2) is 0 Å². The van der Waals surface area contributed by atoms with Crippen LogP contribution in [0.2, 0.25) is 0 Å². The van der Waals surface area contributed by atoms with Crippen LogP contribution in [0.25, 0.3) is 0 Å². The molecule has 2 rings (SSSR count). The molecule has 2 heterocycles. The van der Waals surface area contributed by atoms with Crippen molar-refractivity contribution in [2.75, 3.05) is 19.6 Å². The van der Waals surface area contributed by atoms with Gasteiger partial charge in [-0.3, -0.25) is 14.6 Å². The standard InChI is InChI=1S/C15H21N3O2/c1-2-18-11-12(10-14(18)19)15(20)17-9-5-7-13-6-3-4-8-16-13/h3-4,6,8,12H,2,5,7,9-11H2,1H3,(H,17,20). The predicted molar refractivity (Wildman–Crippen MR) is 75.9 cm³/mol. The van der Waals surface area contributed by atoms with Crippen molar-refractivity contribution in [2.24, 2.45) is 5.92 Å². The maximum absolute atomic E-state index is 12.0. The molecule has 1 aromatic rings. The van der Waals surface area contributed by atoms with Crippen molar-refractivity contribution in [1.29, 1.82) is 0 Å². The lowest BCUT2D eigenvalue weighted by Crippen LogP contribution is -2.33. The first-order valence-electron chi connectivity index (χ1n) is 7.16. The summed E-state index contributed by atoms with van der Waals surface area (Å²) in [6.07, 6.45) is 3.84. The molecule has 0 aliphatic carbocycles. The fraction of sp³-hybridized carbons (Fsp3) is 0.533. The molecule has 1 saturated heterocycles. The molecule has 5 nitrogen and oxygen atoms in total. The van der Waals surface area contributed by atoms with E-state index in [4.69, 9.17) is 0 Å². The molecule has 0 saturated carbocycles. The van der Waals surface area contributed by atoms with E-state index in [1.807, 2.05) is 25.1 Å². The zero-order valence-corrected chi connectivity index (χ0v) is 11.8. The number of carbonyl (C=O) groups excluding carboxylic acids is 2. The molecule has 20 heavy (non-hydrogen) atoms. The lowest BCUT2D eigenvalue weighted by atomic mass is 10.1. The number of aromatic nitrogens is 1. The highest BCUT2D eigenvalue weighted by Gasteiger charge is 2.32. The maximum atomic E-state index is 12.0. The number of nitrogens with one attached hydrogen (secondary N) is 1. The van der Waals surface area contributed by atoms with Gasteiger partial charge in [0.25, 0.3) is 0 Å². The lowest BCUT2D eigenvalue weighted by molar-refractivity contribution is -0.128. The van der Waals surface area contributed by atoms with E-state index in [1.165, 1.54) is 0 Å². The van der Waals surface area contributed by atoms with Gasteiger partial charge in [0.05, 0.1) is 5.92 Å². The Balaban J connectivity index is 1.67. The summed E-state index contributed by atoms with van der Waals surface area (Å²) < 4.78 is 0. The van der Waals surface area contributed by atoms with Crippen molar-refractivity contribution in [3.63, 3.8) is 0 Å². The van der Waals surface area contributed by atoms with E-state index in [-0.39, 0.29) is 17.7 Å². The SMILES string of the molecule is CCN1CC(C(=O)NCCCc2ccccn2)CC1=O. The highest BCUT2D eigenvalue weighted by atomic mass is 16.2. The van der Waals surface area contributed by atoms with Crippen LogP contribution in [-0.4, -0.2) is 41.3 Å². The molecule has 0 bridgehead atoms. The van der Waals surface area contributed by atoms with Gasteiger partial charge in [-0.1, -0.05) is 6.07 Å². The minimum atomic E-state index is -0.183. The molecule has 0 radical (unpaired) electrons. The van der Waals surface area contributed by atoms with Gasteiger partial charge in [0.2, 0.25) is 11.8 Å². The number of hydrogen-bond acceptors (Lipinski definition) is 3. The van der Waals surface area contributed by atoms with Gasteiger partial charge < -0.3 is 10.2 Å². The van der Waals surface area contributed by atoms with Crippen LogP contribution < -0.4 is 5.32 Å². The number of aryl methyl sites for hydroxylation is 1. The second-order valence-corrected chi connectivity index (χ2v) is 5.05. The monoisotopic (exact) mass is 275 g/mol. The average Bonchev–Trinajstić information content (AvgIpc) is 2.86. The van der Waals surface area contributed by atoms with Crippen LogP contribution in [0.4, 0.5) is 0 Å². The zero-order valence-electron chi connectivity index (χ0n) is 11.8. The minimum Gasteiger partial charge on any atom is -0.356 e. The average molecular weight is 275 g/mol. The Bertz CT molecular complexity index is 461. The number of rotatable bonds is 6.